The molecule has 1 atom stereocenters. The Morgan fingerprint density at radius 2 is 2.14 bits per heavy atom. The Labute approximate surface area is 85.2 Å². The van der Waals surface area contributed by atoms with Crippen LogP contribution in [0.5, 0.6) is 0 Å². The smallest absolute Gasteiger partial charge is 0.136 e. The average molecular weight is 194 g/mol. The Morgan fingerprint density at radius 3 is 2.71 bits per heavy atom. The van der Waals surface area contributed by atoms with E-state index in [0.29, 0.717) is 11.9 Å². The molecule has 0 aliphatic carbocycles. The Balaban J connectivity index is 3.01. The molecule has 0 saturated heterocycles. The van der Waals surface area contributed by atoms with Gasteiger partial charge in [-0.05, 0) is 20.3 Å². The standard InChI is InChI=1S/C10H18N4/c1-5-7(2)14(4)10-8(3)9(11)12-6-13-10/h6-7H,5H2,1-4H3,(H2,11,12,13). The van der Waals surface area contributed by atoms with Crippen molar-refractivity contribution >= 4 is 11.6 Å². The zero-order valence-corrected chi connectivity index (χ0v) is 9.28. The van der Waals surface area contributed by atoms with E-state index in [1.54, 1.807) is 0 Å². The third kappa shape index (κ3) is 1.95. The van der Waals surface area contributed by atoms with Gasteiger partial charge in [0.2, 0.25) is 0 Å². The van der Waals surface area contributed by atoms with Gasteiger partial charge in [0.15, 0.2) is 0 Å². The van der Waals surface area contributed by atoms with Crippen molar-refractivity contribution in [1.82, 2.24) is 9.97 Å². The summed E-state index contributed by atoms with van der Waals surface area (Å²) in [5, 5.41) is 0. The van der Waals surface area contributed by atoms with Crippen LogP contribution in [-0.2, 0) is 0 Å². The molecule has 0 radical (unpaired) electrons. The predicted molar refractivity (Wildman–Crippen MR) is 59.3 cm³/mol. The summed E-state index contributed by atoms with van der Waals surface area (Å²) in [4.78, 5) is 10.3. The van der Waals surface area contributed by atoms with Crippen LogP contribution in [0.25, 0.3) is 0 Å². The topological polar surface area (TPSA) is 55.0 Å². The summed E-state index contributed by atoms with van der Waals surface area (Å²) in [6.45, 7) is 6.27. The number of hydrogen-bond acceptors (Lipinski definition) is 4. The molecule has 0 bridgehead atoms. The van der Waals surface area contributed by atoms with E-state index in [0.717, 1.165) is 17.8 Å². The van der Waals surface area contributed by atoms with Gasteiger partial charge in [-0.2, -0.15) is 0 Å². The highest BCUT2D eigenvalue weighted by molar-refractivity contribution is 5.55. The maximum absolute atomic E-state index is 5.72. The van der Waals surface area contributed by atoms with E-state index in [4.69, 9.17) is 5.73 Å². The molecule has 0 amide bonds. The molecule has 78 valence electrons. The van der Waals surface area contributed by atoms with Gasteiger partial charge in [0.1, 0.15) is 18.0 Å². The van der Waals surface area contributed by atoms with E-state index in [9.17, 15) is 0 Å². The highest BCUT2D eigenvalue weighted by Gasteiger charge is 2.13. The van der Waals surface area contributed by atoms with Gasteiger partial charge in [-0.3, -0.25) is 0 Å². The lowest BCUT2D eigenvalue weighted by atomic mass is 10.2. The SMILES string of the molecule is CCC(C)N(C)c1ncnc(N)c1C. The molecule has 0 aliphatic rings. The third-order valence-electron chi connectivity index (χ3n) is 2.68. The molecular weight excluding hydrogens is 176 g/mol. The summed E-state index contributed by atoms with van der Waals surface area (Å²) < 4.78 is 0. The van der Waals surface area contributed by atoms with E-state index in [1.807, 2.05) is 14.0 Å². The van der Waals surface area contributed by atoms with Gasteiger partial charge < -0.3 is 10.6 Å². The van der Waals surface area contributed by atoms with E-state index in [-0.39, 0.29) is 0 Å². The molecule has 1 aromatic heterocycles. The first-order chi connectivity index (χ1) is 6.57. The maximum Gasteiger partial charge on any atom is 0.136 e. The largest absolute Gasteiger partial charge is 0.383 e. The Bertz CT molecular complexity index is 311. The number of nitrogen functional groups attached to an aromatic ring is 1. The molecule has 0 spiro atoms. The van der Waals surface area contributed by atoms with Crippen LogP contribution in [0.15, 0.2) is 6.33 Å². The van der Waals surface area contributed by atoms with Crippen LogP contribution in [0.2, 0.25) is 0 Å². The second-order valence-corrected chi connectivity index (χ2v) is 3.58. The quantitative estimate of drug-likeness (QED) is 0.794. The van der Waals surface area contributed by atoms with Crippen molar-refractivity contribution in [3.63, 3.8) is 0 Å². The van der Waals surface area contributed by atoms with E-state index >= 15 is 0 Å². The summed E-state index contributed by atoms with van der Waals surface area (Å²) in [5.74, 6) is 1.48. The summed E-state index contributed by atoms with van der Waals surface area (Å²) >= 11 is 0. The minimum absolute atomic E-state index is 0.461. The fraction of sp³-hybridized carbons (Fsp3) is 0.600. The fourth-order valence-electron chi connectivity index (χ4n) is 1.29. The highest BCUT2D eigenvalue weighted by Crippen LogP contribution is 2.21. The van der Waals surface area contributed by atoms with E-state index < -0.39 is 0 Å². The minimum atomic E-state index is 0.461. The summed E-state index contributed by atoms with van der Waals surface area (Å²) in [7, 11) is 2.03. The van der Waals surface area contributed by atoms with Crippen molar-refractivity contribution in [3.8, 4) is 0 Å². The van der Waals surface area contributed by atoms with Crippen LogP contribution in [-0.4, -0.2) is 23.1 Å². The van der Waals surface area contributed by atoms with Gasteiger partial charge in [-0.1, -0.05) is 6.92 Å². The van der Waals surface area contributed by atoms with Crippen LogP contribution in [0.3, 0.4) is 0 Å². The van der Waals surface area contributed by atoms with E-state index in [2.05, 4.69) is 28.7 Å². The Hall–Kier alpha value is -1.32. The van der Waals surface area contributed by atoms with Crippen LogP contribution in [0.4, 0.5) is 11.6 Å². The number of nitrogens with zero attached hydrogens (tertiary/aromatic N) is 3. The van der Waals surface area contributed by atoms with Crippen molar-refractivity contribution in [3.05, 3.63) is 11.9 Å². The molecule has 1 unspecified atom stereocenters. The lowest BCUT2D eigenvalue weighted by molar-refractivity contribution is 0.654. The first kappa shape index (κ1) is 10.8. The molecule has 14 heavy (non-hydrogen) atoms. The number of anilines is 2. The minimum Gasteiger partial charge on any atom is -0.383 e. The molecule has 1 aromatic rings. The highest BCUT2D eigenvalue weighted by atomic mass is 15.2. The number of nitrogens with two attached hydrogens (primary N) is 1. The van der Waals surface area contributed by atoms with Crippen LogP contribution in [0.1, 0.15) is 25.8 Å². The number of aromatic nitrogens is 2. The molecule has 1 heterocycles. The van der Waals surface area contributed by atoms with Gasteiger partial charge in [0.05, 0.1) is 0 Å². The normalized spacial score (nSPS) is 12.6. The number of rotatable bonds is 3. The number of hydrogen-bond donors (Lipinski definition) is 1. The van der Waals surface area contributed by atoms with Crippen molar-refractivity contribution in [1.29, 1.82) is 0 Å². The summed E-state index contributed by atoms with van der Waals surface area (Å²) in [5.41, 5.74) is 6.68. The van der Waals surface area contributed by atoms with Crippen LogP contribution < -0.4 is 10.6 Å². The summed E-state index contributed by atoms with van der Waals surface area (Å²) in [6.07, 6.45) is 2.59. The molecule has 0 fully saturated rings. The molecular formula is C10H18N4. The van der Waals surface area contributed by atoms with Gasteiger partial charge in [0, 0.05) is 18.7 Å². The van der Waals surface area contributed by atoms with Gasteiger partial charge in [-0.25, -0.2) is 9.97 Å². The van der Waals surface area contributed by atoms with E-state index in [1.165, 1.54) is 6.33 Å². The van der Waals surface area contributed by atoms with Gasteiger partial charge in [0.25, 0.3) is 0 Å². The van der Waals surface area contributed by atoms with Crippen LogP contribution in [0, 0.1) is 6.92 Å². The first-order valence-electron chi connectivity index (χ1n) is 4.87. The van der Waals surface area contributed by atoms with Crippen LogP contribution >= 0.6 is 0 Å². The average Bonchev–Trinajstić information content (AvgIpc) is 2.20. The fourth-order valence-corrected chi connectivity index (χ4v) is 1.29. The predicted octanol–water partition coefficient (Wildman–Crippen LogP) is 1.60. The van der Waals surface area contributed by atoms with Crippen molar-refractivity contribution in [2.75, 3.05) is 17.7 Å². The Kier molecular flexibility index (Phi) is 3.28. The zero-order chi connectivity index (χ0) is 10.7. The lowest BCUT2D eigenvalue weighted by Gasteiger charge is -2.26. The first-order valence-corrected chi connectivity index (χ1v) is 4.87. The van der Waals surface area contributed by atoms with Crippen molar-refractivity contribution in [2.45, 2.75) is 33.2 Å². The second kappa shape index (κ2) is 4.26. The summed E-state index contributed by atoms with van der Waals surface area (Å²) in [6, 6.07) is 0.461. The Morgan fingerprint density at radius 1 is 1.50 bits per heavy atom. The van der Waals surface area contributed by atoms with Gasteiger partial charge in [-0.15, -0.1) is 0 Å². The third-order valence-corrected chi connectivity index (χ3v) is 2.68. The molecule has 4 nitrogen and oxygen atoms in total. The van der Waals surface area contributed by atoms with Crippen molar-refractivity contribution < 1.29 is 0 Å². The zero-order valence-electron chi connectivity index (χ0n) is 9.28. The second-order valence-electron chi connectivity index (χ2n) is 3.58. The molecule has 0 aliphatic heterocycles. The molecule has 1 rings (SSSR count). The molecule has 2 N–H and O–H groups in total. The maximum atomic E-state index is 5.72. The van der Waals surface area contributed by atoms with Crippen molar-refractivity contribution in [2.24, 2.45) is 0 Å². The van der Waals surface area contributed by atoms with Gasteiger partial charge >= 0.3 is 0 Å². The lowest BCUT2D eigenvalue weighted by Crippen LogP contribution is -2.29. The monoisotopic (exact) mass is 194 g/mol. The molecule has 4 heteroatoms. The molecule has 0 saturated carbocycles. The molecule has 0 aromatic carbocycles.